The second-order valence-electron chi connectivity index (χ2n) is 3.60. The molecule has 0 saturated carbocycles. The van der Waals surface area contributed by atoms with Crippen molar-refractivity contribution in [1.82, 2.24) is 0 Å². The van der Waals surface area contributed by atoms with E-state index in [2.05, 4.69) is 13.8 Å². The summed E-state index contributed by atoms with van der Waals surface area (Å²) < 4.78 is 0. The van der Waals surface area contributed by atoms with Crippen molar-refractivity contribution >= 4 is 5.97 Å². The molecule has 3 heteroatoms. The third-order valence-corrected chi connectivity index (χ3v) is 2.45. The Kier molecular flexibility index (Phi) is 6.59. The average molecular weight is 187 g/mol. The average Bonchev–Trinajstić information content (AvgIpc) is 2.11. The molecule has 2 atom stereocenters. The molecule has 0 saturated heterocycles. The first kappa shape index (κ1) is 12.4. The largest absolute Gasteiger partial charge is 0.480 e. The van der Waals surface area contributed by atoms with Crippen LogP contribution in [0.5, 0.6) is 0 Å². The van der Waals surface area contributed by atoms with E-state index in [-0.39, 0.29) is 0 Å². The van der Waals surface area contributed by atoms with Crippen LogP contribution < -0.4 is 5.73 Å². The highest BCUT2D eigenvalue weighted by atomic mass is 16.4. The van der Waals surface area contributed by atoms with Crippen LogP contribution in [0.3, 0.4) is 0 Å². The molecule has 0 amide bonds. The van der Waals surface area contributed by atoms with Crippen LogP contribution in [0.4, 0.5) is 0 Å². The van der Waals surface area contributed by atoms with E-state index in [4.69, 9.17) is 10.8 Å². The van der Waals surface area contributed by atoms with Crippen molar-refractivity contribution in [3.63, 3.8) is 0 Å². The molecule has 0 aromatic carbocycles. The summed E-state index contributed by atoms with van der Waals surface area (Å²) in [5.74, 6) is -0.402. The van der Waals surface area contributed by atoms with Gasteiger partial charge in [0.05, 0.1) is 0 Å². The van der Waals surface area contributed by atoms with Crippen LogP contribution >= 0.6 is 0 Å². The van der Waals surface area contributed by atoms with Crippen LogP contribution in [-0.2, 0) is 4.79 Å². The molecule has 0 fully saturated rings. The maximum atomic E-state index is 10.5. The lowest BCUT2D eigenvalue weighted by Gasteiger charge is -2.16. The first-order valence-corrected chi connectivity index (χ1v) is 5.10. The van der Waals surface area contributed by atoms with Gasteiger partial charge in [0, 0.05) is 0 Å². The predicted molar refractivity (Wildman–Crippen MR) is 53.5 cm³/mol. The fourth-order valence-electron chi connectivity index (χ4n) is 1.44. The Morgan fingerprint density at radius 1 is 1.46 bits per heavy atom. The van der Waals surface area contributed by atoms with E-state index >= 15 is 0 Å². The van der Waals surface area contributed by atoms with Gasteiger partial charge in [-0.05, 0) is 12.3 Å². The fraction of sp³-hybridized carbons (Fsp3) is 0.900. The lowest BCUT2D eigenvalue weighted by atomic mass is 9.92. The molecule has 0 aliphatic carbocycles. The summed E-state index contributed by atoms with van der Waals surface area (Å²) in [6.45, 7) is 4.23. The quantitative estimate of drug-likeness (QED) is 0.640. The fourth-order valence-corrected chi connectivity index (χ4v) is 1.44. The van der Waals surface area contributed by atoms with Gasteiger partial charge in [0.1, 0.15) is 6.04 Å². The number of hydrogen-bond donors (Lipinski definition) is 2. The molecule has 3 nitrogen and oxygen atoms in total. The lowest BCUT2D eigenvalue weighted by molar-refractivity contribution is -0.139. The van der Waals surface area contributed by atoms with Crippen LogP contribution in [0.1, 0.15) is 46.0 Å². The number of rotatable bonds is 7. The third kappa shape index (κ3) is 5.64. The number of carboxylic acids is 1. The Bertz CT molecular complexity index is 148. The molecule has 13 heavy (non-hydrogen) atoms. The summed E-state index contributed by atoms with van der Waals surface area (Å²) in [5.41, 5.74) is 5.47. The van der Waals surface area contributed by atoms with Gasteiger partial charge in [-0.1, -0.05) is 39.5 Å². The summed E-state index contributed by atoms with van der Waals surface area (Å²) in [4.78, 5) is 10.5. The molecule has 0 radical (unpaired) electrons. The Morgan fingerprint density at radius 2 is 2.08 bits per heavy atom. The molecule has 0 aromatic heterocycles. The zero-order chi connectivity index (χ0) is 10.3. The molecule has 0 aromatic rings. The SMILES string of the molecule is CCCCC(CC)CC(N)C(=O)O. The van der Waals surface area contributed by atoms with Crippen LogP contribution in [0.15, 0.2) is 0 Å². The first-order chi connectivity index (χ1) is 6.11. The molecular formula is C10H21NO2. The Morgan fingerprint density at radius 3 is 2.46 bits per heavy atom. The summed E-state index contributed by atoms with van der Waals surface area (Å²) in [7, 11) is 0. The molecule has 0 aliphatic heterocycles. The van der Waals surface area contributed by atoms with Crippen molar-refractivity contribution in [3.05, 3.63) is 0 Å². The van der Waals surface area contributed by atoms with Crippen LogP contribution in [0.2, 0.25) is 0 Å². The van der Waals surface area contributed by atoms with Crippen LogP contribution in [0, 0.1) is 5.92 Å². The molecule has 3 N–H and O–H groups in total. The van der Waals surface area contributed by atoms with Crippen LogP contribution in [0.25, 0.3) is 0 Å². The van der Waals surface area contributed by atoms with Crippen molar-refractivity contribution in [1.29, 1.82) is 0 Å². The van der Waals surface area contributed by atoms with Crippen LogP contribution in [-0.4, -0.2) is 17.1 Å². The molecule has 78 valence electrons. The topological polar surface area (TPSA) is 63.3 Å². The minimum absolute atomic E-state index is 0.478. The maximum Gasteiger partial charge on any atom is 0.320 e. The third-order valence-electron chi connectivity index (χ3n) is 2.45. The van der Waals surface area contributed by atoms with Gasteiger partial charge < -0.3 is 10.8 Å². The van der Waals surface area contributed by atoms with Gasteiger partial charge in [-0.3, -0.25) is 4.79 Å². The molecule has 2 unspecified atom stereocenters. The first-order valence-electron chi connectivity index (χ1n) is 5.10. The van der Waals surface area contributed by atoms with Crippen molar-refractivity contribution in [2.45, 2.75) is 52.0 Å². The molecule has 0 heterocycles. The van der Waals surface area contributed by atoms with Gasteiger partial charge in [0.25, 0.3) is 0 Å². The zero-order valence-electron chi connectivity index (χ0n) is 8.62. The number of unbranched alkanes of at least 4 members (excludes halogenated alkanes) is 1. The predicted octanol–water partition coefficient (Wildman–Crippen LogP) is 2.00. The van der Waals surface area contributed by atoms with Gasteiger partial charge in [-0.15, -0.1) is 0 Å². The maximum absolute atomic E-state index is 10.5. The standard InChI is InChI=1S/C10H21NO2/c1-3-5-6-8(4-2)7-9(11)10(12)13/h8-9H,3-7,11H2,1-2H3,(H,12,13). The minimum atomic E-state index is -0.880. The van der Waals surface area contributed by atoms with Crippen molar-refractivity contribution in [3.8, 4) is 0 Å². The number of nitrogens with two attached hydrogens (primary N) is 1. The van der Waals surface area contributed by atoms with E-state index in [1.165, 1.54) is 12.8 Å². The van der Waals surface area contributed by atoms with Crippen molar-refractivity contribution < 1.29 is 9.90 Å². The van der Waals surface area contributed by atoms with Gasteiger partial charge in [0.15, 0.2) is 0 Å². The van der Waals surface area contributed by atoms with E-state index < -0.39 is 12.0 Å². The molecule has 0 spiro atoms. The Labute approximate surface area is 80.3 Å². The van der Waals surface area contributed by atoms with E-state index in [9.17, 15) is 4.79 Å². The zero-order valence-corrected chi connectivity index (χ0v) is 8.62. The van der Waals surface area contributed by atoms with E-state index in [0.29, 0.717) is 12.3 Å². The van der Waals surface area contributed by atoms with Crippen molar-refractivity contribution in [2.24, 2.45) is 11.7 Å². The summed E-state index contributed by atoms with van der Waals surface area (Å²) in [5, 5.41) is 8.63. The van der Waals surface area contributed by atoms with Gasteiger partial charge in [-0.2, -0.15) is 0 Å². The highest BCUT2D eigenvalue weighted by Gasteiger charge is 2.16. The number of carbonyl (C=O) groups is 1. The molecule has 0 bridgehead atoms. The van der Waals surface area contributed by atoms with Gasteiger partial charge in [-0.25, -0.2) is 0 Å². The van der Waals surface area contributed by atoms with Gasteiger partial charge in [0.2, 0.25) is 0 Å². The summed E-state index contributed by atoms with van der Waals surface area (Å²) in [6, 6.07) is -0.679. The number of aliphatic carboxylic acids is 1. The van der Waals surface area contributed by atoms with Gasteiger partial charge >= 0.3 is 5.97 Å². The Hall–Kier alpha value is -0.570. The Balaban J connectivity index is 3.75. The summed E-state index contributed by atoms with van der Waals surface area (Å²) in [6.07, 6.45) is 5.09. The monoisotopic (exact) mass is 187 g/mol. The molecule has 0 aliphatic rings. The normalized spacial score (nSPS) is 15.3. The van der Waals surface area contributed by atoms with E-state index in [0.717, 1.165) is 12.8 Å². The van der Waals surface area contributed by atoms with E-state index in [1.54, 1.807) is 0 Å². The smallest absolute Gasteiger partial charge is 0.320 e. The molecule has 0 rings (SSSR count). The highest BCUT2D eigenvalue weighted by molar-refractivity contribution is 5.72. The second-order valence-corrected chi connectivity index (χ2v) is 3.60. The number of carboxylic acid groups (broad SMARTS) is 1. The minimum Gasteiger partial charge on any atom is -0.480 e. The highest BCUT2D eigenvalue weighted by Crippen LogP contribution is 2.17. The van der Waals surface area contributed by atoms with Crippen molar-refractivity contribution in [2.75, 3.05) is 0 Å². The van der Waals surface area contributed by atoms with E-state index in [1.807, 2.05) is 0 Å². The lowest BCUT2D eigenvalue weighted by Crippen LogP contribution is -2.32. The molecular weight excluding hydrogens is 166 g/mol. The second kappa shape index (κ2) is 6.89. The number of hydrogen-bond acceptors (Lipinski definition) is 2. The summed E-state index contributed by atoms with van der Waals surface area (Å²) >= 11 is 0.